The van der Waals surface area contributed by atoms with Gasteiger partial charge in [-0.3, -0.25) is 4.79 Å². The molecule has 0 aliphatic carbocycles. The number of hydrogen-bond donors (Lipinski definition) is 1. The van der Waals surface area contributed by atoms with Crippen LogP contribution in [0.5, 0.6) is 0 Å². The summed E-state index contributed by atoms with van der Waals surface area (Å²) in [6.45, 7) is 0.486. The Labute approximate surface area is 132 Å². The van der Waals surface area contributed by atoms with Crippen LogP contribution in [-0.2, 0) is 6.42 Å². The zero-order valence-electron chi connectivity index (χ0n) is 12.6. The Kier molecular flexibility index (Phi) is 4.10. The average Bonchev–Trinajstić information content (AvgIpc) is 2.97. The van der Waals surface area contributed by atoms with Crippen LogP contribution in [0.1, 0.15) is 15.9 Å². The van der Waals surface area contributed by atoms with Gasteiger partial charge >= 0.3 is 0 Å². The third-order valence-corrected chi connectivity index (χ3v) is 3.90. The molecular formula is C18H16F2N2O. The molecule has 0 spiro atoms. The number of halogens is 2. The van der Waals surface area contributed by atoms with E-state index >= 15 is 0 Å². The molecule has 0 aliphatic heterocycles. The monoisotopic (exact) mass is 314 g/mol. The van der Waals surface area contributed by atoms with Gasteiger partial charge < -0.3 is 9.88 Å². The highest BCUT2D eigenvalue weighted by Crippen LogP contribution is 2.18. The number of carbonyl (C=O) groups is 1. The summed E-state index contributed by atoms with van der Waals surface area (Å²) in [5.41, 5.74) is 2.31. The van der Waals surface area contributed by atoms with Gasteiger partial charge in [0.25, 0.3) is 5.91 Å². The number of para-hydroxylation sites is 1. The zero-order valence-corrected chi connectivity index (χ0v) is 12.6. The van der Waals surface area contributed by atoms with Crippen LogP contribution in [-0.4, -0.2) is 29.4 Å². The first-order valence-corrected chi connectivity index (χ1v) is 7.32. The quantitative estimate of drug-likeness (QED) is 0.782. The molecule has 5 heteroatoms. The van der Waals surface area contributed by atoms with Crippen molar-refractivity contribution >= 4 is 16.8 Å². The van der Waals surface area contributed by atoms with Gasteiger partial charge in [0.2, 0.25) is 0 Å². The second kappa shape index (κ2) is 6.20. The van der Waals surface area contributed by atoms with E-state index in [2.05, 4.69) is 4.98 Å². The predicted molar refractivity (Wildman–Crippen MR) is 85.3 cm³/mol. The van der Waals surface area contributed by atoms with Gasteiger partial charge in [0.15, 0.2) is 11.6 Å². The van der Waals surface area contributed by atoms with Crippen LogP contribution in [0.15, 0.2) is 48.7 Å². The summed E-state index contributed by atoms with van der Waals surface area (Å²) in [5.74, 6) is -2.30. The van der Waals surface area contributed by atoms with Gasteiger partial charge in [0, 0.05) is 36.3 Å². The third kappa shape index (κ3) is 3.08. The lowest BCUT2D eigenvalue weighted by molar-refractivity contribution is 0.0796. The minimum atomic E-state index is -1.01. The number of amides is 1. The lowest BCUT2D eigenvalue weighted by atomic mass is 10.1. The molecule has 0 saturated carbocycles. The summed E-state index contributed by atoms with van der Waals surface area (Å²) < 4.78 is 26.2. The Morgan fingerprint density at radius 3 is 2.70 bits per heavy atom. The standard InChI is InChI=1S/C18H16F2N2O/c1-22(18(23)12-6-7-15(19)16(20)10-12)9-8-13-11-21-17-5-3-2-4-14(13)17/h2-7,10-11,21H,8-9H2,1H3. The topological polar surface area (TPSA) is 36.1 Å². The van der Waals surface area contributed by atoms with Crippen molar-refractivity contribution in [2.45, 2.75) is 6.42 Å². The highest BCUT2D eigenvalue weighted by molar-refractivity contribution is 5.94. The first-order valence-electron chi connectivity index (χ1n) is 7.32. The first kappa shape index (κ1) is 15.2. The fraction of sp³-hybridized carbons (Fsp3) is 0.167. The number of carbonyl (C=O) groups excluding carboxylic acids is 1. The lowest BCUT2D eigenvalue weighted by Crippen LogP contribution is -2.28. The summed E-state index contributed by atoms with van der Waals surface area (Å²) in [7, 11) is 1.65. The van der Waals surface area contributed by atoms with Crippen LogP contribution >= 0.6 is 0 Å². The molecule has 1 aromatic heterocycles. The van der Waals surface area contributed by atoms with Gasteiger partial charge in [-0.05, 0) is 36.2 Å². The molecule has 1 amide bonds. The smallest absolute Gasteiger partial charge is 0.253 e. The van der Waals surface area contributed by atoms with Crippen LogP contribution in [0, 0.1) is 11.6 Å². The molecule has 0 saturated heterocycles. The Hall–Kier alpha value is -2.69. The van der Waals surface area contributed by atoms with E-state index in [-0.39, 0.29) is 11.5 Å². The highest BCUT2D eigenvalue weighted by atomic mass is 19.2. The molecule has 23 heavy (non-hydrogen) atoms. The van der Waals surface area contributed by atoms with Crippen molar-refractivity contribution in [3.05, 3.63) is 71.4 Å². The molecule has 0 radical (unpaired) electrons. The van der Waals surface area contributed by atoms with Gasteiger partial charge in [-0.2, -0.15) is 0 Å². The number of rotatable bonds is 4. The molecule has 1 N–H and O–H groups in total. The third-order valence-electron chi connectivity index (χ3n) is 3.90. The molecule has 0 unspecified atom stereocenters. The molecule has 0 bridgehead atoms. The second-order valence-corrected chi connectivity index (χ2v) is 5.47. The number of likely N-dealkylation sites (N-methyl/N-ethyl adjacent to an activating group) is 1. The second-order valence-electron chi connectivity index (χ2n) is 5.47. The Balaban J connectivity index is 1.70. The normalized spacial score (nSPS) is 10.9. The van der Waals surface area contributed by atoms with E-state index in [0.29, 0.717) is 13.0 Å². The minimum Gasteiger partial charge on any atom is -0.361 e. The summed E-state index contributed by atoms with van der Waals surface area (Å²) in [6, 6.07) is 11.1. The molecule has 1 heterocycles. The Bertz CT molecular complexity index is 857. The van der Waals surface area contributed by atoms with Crippen LogP contribution in [0.25, 0.3) is 10.9 Å². The molecule has 3 aromatic rings. The van der Waals surface area contributed by atoms with Crippen LogP contribution in [0.2, 0.25) is 0 Å². The predicted octanol–water partition coefficient (Wildman–Crippen LogP) is 3.76. The van der Waals surface area contributed by atoms with E-state index in [1.54, 1.807) is 7.05 Å². The number of fused-ring (bicyclic) bond motifs is 1. The summed E-state index contributed by atoms with van der Waals surface area (Å²) in [4.78, 5) is 17.0. The number of nitrogens with zero attached hydrogens (tertiary/aromatic N) is 1. The maximum Gasteiger partial charge on any atom is 0.253 e. The van der Waals surface area contributed by atoms with Gasteiger partial charge in [-0.1, -0.05) is 18.2 Å². The minimum absolute atomic E-state index is 0.144. The highest BCUT2D eigenvalue weighted by Gasteiger charge is 2.14. The number of H-pyrrole nitrogens is 1. The van der Waals surface area contributed by atoms with Crippen molar-refractivity contribution in [3.63, 3.8) is 0 Å². The van der Waals surface area contributed by atoms with E-state index in [1.165, 1.54) is 11.0 Å². The maximum atomic E-state index is 13.2. The molecular weight excluding hydrogens is 298 g/mol. The Morgan fingerprint density at radius 2 is 1.91 bits per heavy atom. The van der Waals surface area contributed by atoms with Gasteiger partial charge in [0.05, 0.1) is 0 Å². The molecule has 0 atom stereocenters. The van der Waals surface area contributed by atoms with E-state index in [9.17, 15) is 13.6 Å². The molecule has 0 aliphatic rings. The molecule has 118 valence electrons. The van der Waals surface area contributed by atoms with Crippen molar-refractivity contribution in [1.82, 2.24) is 9.88 Å². The van der Waals surface area contributed by atoms with Crippen molar-refractivity contribution in [1.29, 1.82) is 0 Å². The van der Waals surface area contributed by atoms with Crippen molar-refractivity contribution in [3.8, 4) is 0 Å². The number of aromatic nitrogens is 1. The van der Waals surface area contributed by atoms with Crippen molar-refractivity contribution in [2.24, 2.45) is 0 Å². The lowest BCUT2D eigenvalue weighted by Gasteiger charge is -2.17. The van der Waals surface area contributed by atoms with E-state index in [1.807, 2.05) is 30.5 Å². The number of benzene rings is 2. The molecule has 3 nitrogen and oxygen atoms in total. The van der Waals surface area contributed by atoms with Crippen molar-refractivity contribution in [2.75, 3.05) is 13.6 Å². The van der Waals surface area contributed by atoms with Crippen LogP contribution in [0.4, 0.5) is 8.78 Å². The number of nitrogens with one attached hydrogen (secondary N) is 1. The SMILES string of the molecule is CN(CCc1c[nH]c2ccccc12)C(=O)c1ccc(F)c(F)c1. The number of aromatic amines is 1. The molecule has 2 aromatic carbocycles. The van der Waals surface area contributed by atoms with Crippen LogP contribution < -0.4 is 0 Å². The van der Waals surface area contributed by atoms with E-state index < -0.39 is 11.6 Å². The van der Waals surface area contributed by atoms with Crippen LogP contribution in [0.3, 0.4) is 0 Å². The first-order chi connectivity index (χ1) is 11.1. The maximum absolute atomic E-state index is 13.2. The fourth-order valence-corrected chi connectivity index (χ4v) is 2.58. The average molecular weight is 314 g/mol. The van der Waals surface area contributed by atoms with Gasteiger partial charge in [-0.15, -0.1) is 0 Å². The molecule has 3 rings (SSSR count). The van der Waals surface area contributed by atoms with E-state index in [4.69, 9.17) is 0 Å². The van der Waals surface area contributed by atoms with Gasteiger partial charge in [-0.25, -0.2) is 8.78 Å². The fourth-order valence-electron chi connectivity index (χ4n) is 2.58. The van der Waals surface area contributed by atoms with Gasteiger partial charge in [0.1, 0.15) is 0 Å². The largest absolute Gasteiger partial charge is 0.361 e. The zero-order chi connectivity index (χ0) is 16.4. The summed E-state index contributed by atoms with van der Waals surface area (Å²) in [6.07, 6.45) is 2.61. The number of hydrogen-bond acceptors (Lipinski definition) is 1. The summed E-state index contributed by atoms with van der Waals surface area (Å²) >= 11 is 0. The van der Waals surface area contributed by atoms with Crippen molar-refractivity contribution < 1.29 is 13.6 Å². The van der Waals surface area contributed by atoms with E-state index in [0.717, 1.165) is 28.6 Å². The Morgan fingerprint density at radius 1 is 1.13 bits per heavy atom. The molecule has 0 fully saturated rings. The summed E-state index contributed by atoms with van der Waals surface area (Å²) in [5, 5.41) is 1.13.